The molecular formula is C10H19Cl. The van der Waals surface area contributed by atoms with Crippen LogP contribution in [0.5, 0.6) is 0 Å². The highest BCUT2D eigenvalue weighted by Gasteiger charge is 2.21. The van der Waals surface area contributed by atoms with Crippen LogP contribution in [0.3, 0.4) is 0 Å². The van der Waals surface area contributed by atoms with Gasteiger partial charge in [0, 0.05) is 5.38 Å². The normalized spacial score (nSPS) is 25.4. The molecule has 66 valence electrons. The van der Waals surface area contributed by atoms with Crippen LogP contribution >= 0.6 is 11.6 Å². The molecule has 0 aliphatic heterocycles. The molecule has 1 aliphatic carbocycles. The molecule has 2 atom stereocenters. The van der Waals surface area contributed by atoms with Gasteiger partial charge in [-0.15, -0.1) is 11.6 Å². The zero-order chi connectivity index (χ0) is 8.27. The molecule has 2 unspecified atom stereocenters. The van der Waals surface area contributed by atoms with Crippen LogP contribution in [0.2, 0.25) is 0 Å². The van der Waals surface area contributed by atoms with E-state index in [1.54, 1.807) is 0 Å². The second-order valence-corrected chi connectivity index (χ2v) is 4.78. The zero-order valence-electron chi connectivity index (χ0n) is 7.65. The van der Waals surface area contributed by atoms with Crippen molar-refractivity contribution >= 4 is 11.6 Å². The maximum Gasteiger partial charge on any atom is 0.0310 e. The van der Waals surface area contributed by atoms with E-state index in [4.69, 9.17) is 11.6 Å². The fourth-order valence-corrected chi connectivity index (χ4v) is 2.51. The SMILES string of the molecule is CC(Cl)CC(C)C1CCCC1. The van der Waals surface area contributed by atoms with E-state index in [9.17, 15) is 0 Å². The van der Waals surface area contributed by atoms with Crippen LogP contribution in [-0.4, -0.2) is 5.38 Å². The minimum absolute atomic E-state index is 0.366. The summed E-state index contributed by atoms with van der Waals surface area (Å²) in [5.41, 5.74) is 0. The molecule has 11 heavy (non-hydrogen) atoms. The Morgan fingerprint density at radius 2 is 1.82 bits per heavy atom. The van der Waals surface area contributed by atoms with Gasteiger partial charge >= 0.3 is 0 Å². The molecular weight excluding hydrogens is 156 g/mol. The van der Waals surface area contributed by atoms with E-state index in [2.05, 4.69) is 13.8 Å². The second kappa shape index (κ2) is 4.35. The number of hydrogen-bond donors (Lipinski definition) is 0. The Morgan fingerprint density at radius 3 is 2.27 bits per heavy atom. The molecule has 0 N–H and O–H groups in total. The van der Waals surface area contributed by atoms with Crippen molar-refractivity contribution in [3.05, 3.63) is 0 Å². The Kier molecular flexibility index (Phi) is 3.71. The van der Waals surface area contributed by atoms with Gasteiger partial charge in [0.15, 0.2) is 0 Å². The van der Waals surface area contributed by atoms with Gasteiger partial charge in [-0.1, -0.05) is 32.6 Å². The van der Waals surface area contributed by atoms with Gasteiger partial charge in [-0.2, -0.15) is 0 Å². The number of alkyl halides is 1. The monoisotopic (exact) mass is 174 g/mol. The molecule has 0 radical (unpaired) electrons. The fraction of sp³-hybridized carbons (Fsp3) is 1.00. The Hall–Kier alpha value is 0.290. The summed E-state index contributed by atoms with van der Waals surface area (Å²) < 4.78 is 0. The Labute approximate surface area is 75.3 Å². The zero-order valence-corrected chi connectivity index (χ0v) is 8.40. The van der Waals surface area contributed by atoms with E-state index in [0.717, 1.165) is 11.8 Å². The van der Waals surface area contributed by atoms with Gasteiger partial charge in [0.05, 0.1) is 0 Å². The van der Waals surface area contributed by atoms with Crippen molar-refractivity contribution in [3.8, 4) is 0 Å². The van der Waals surface area contributed by atoms with Gasteiger partial charge in [0.2, 0.25) is 0 Å². The lowest BCUT2D eigenvalue weighted by Crippen LogP contribution is -2.11. The minimum atomic E-state index is 0.366. The third-order valence-electron chi connectivity index (χ3n) is 2.90. The quantitative estimate of drug-likeness (QED) is 0.571. The Bertz CT molecular complexity index is 103. The first-order chi connectivity index (χ1) is 5.20. The lowest BCUT2D eigenvalue weighted by molar-refractivity contribution is 0.345. The Balaban J connectivity index is 2.22. The average molecular weight is 175 g/mol. The molecule has 0 bridgehead atoms. The van der Waals surface area contributed by atoms with Crippen molar-refractivity contribution in [3.63, 3.8) is 0 Å². The first-order valence-electron chi connectivity index (χ1n) is 4.84. The summed E-state index contributed by atoms with van der Waals surface area (Å²) in [4.78, 5) is 0. The molecule has 0 heterocycles. The van der Waals surface area contributed by atoms with Gasteiger partial charge in [0.25, 0.3) is 0 Å². The second-order valence-electron chi connectivity index (χ2n) is 4.04. The molecule has 0 amide bonds. The summed E-state index contributed by atoms with van der Waals surface area (Å²) in [6.45, 7) is 4.46. The summed E-state index contributed by atoms with van der Waals surface area (Å²) in [6, 6.07) is 0. The number of rotatable bonds is 3. The molecule has 0 saturated heterocycles. The molecule has 0 aromatic heterocycles. The van der Waals surface area contributed by atoms with Gasteiger partial charge in [-0.05, 0) is 25.2 Å². The third-order valence-corrected chi connectivity index (χ3v) is 3.08. The third kappa shape index (κ3) is 3.02. The van der Waals surface area contributed by atoms with Crippen LogP contribution in [0.4, 0.5) is 0 Å². The van der Waals surface area contributed by atoms with E-state index >= 15 is 0 Å². The highest BCUT2D eigenvalue weighted by Crippen LogP contribution is 2.33. The number of halogens is 1. The standard InChI is InChI=1S/C10H19Cl/c1-8(7-9(2)11)10-5-3-4-6-10/h8-10H,3-7H2,1-2H3. The molecule has 1 aliphatic rings. The van der Waals surface area contributed by atoms with Crippen LogP contribution in [0, 0.1) is 11.8 Å². The highest BCUT2D eigenvalue weighted by molar-refractivity contribution is 6.20. The summed E-state index contributed by atoms with van der Waals surface area (Å²) in [5.74, 6) is 1.83. The number of hydrogen-bond acceptors (Lipinski definition) is 0. The largest absolute Gasteiger partial charge is 0.123 e. The van der Waals surface area contributed by atoms with Crippen LogP contribution < -0.4 is 0 Å². The fourth-order valence-electron chi connectivity index (χ4n) is 2.23. The van der Waals surface area contributed by atoms with Crippen LogP contribution in [-0.2, 0) is 0 Å². The summed E-state index contributed by atoms with van der Waals surface area (Å²) >= 11 is 5.95. The topological polar surface area (TPSA) is 0 Å². The highest BCUT2D eigenvalue weighted by atomic mass is 35.5. The molecule has 0 aromatic carbocycles. The molecule has 0 nitrogen and oxygen atoms in total. The summed E-state index contributed by atoms with van der Waals surface area (Å²) in [5, 5.41) is 0.366. The average Bonchev–Trinajstić information content (AvgIpc) is 2.35. The summed E-state index contributed by atoms with van der Waals surface area (Å²) in [7, 11) is 0. The van der Waals surface area contributed by atoms with Crippen molar-refractivity contribution < 1.29 is 0 Å². The van der Waals surface area contributed by atoms with Crippen molar-refractivity contribution in [2.75, 3.05) is 0 Å². The van der Waals surface area contributed by atoms with E-state index in [-0.39, 0.29) is 0 Å². The molecule has 1 saturated carbocycles. The predicted molar refractivity (Wildman–Crippen MR) is 51.1 cm³/mol. The van der Waals surface area contributed by atoms with Crippen molar-refractivity contribution in [2.45, 2.75) is 51.3 Å². The predicted octanol–water partition coefficient (Wildman–Crippen LogP) is 3.83. The maximum absolute atomic E-state index is 5.95. The van der Waals surface area contributed by atoms with Crippen LogP contribution in [0.25, 0.3) is 0 Å². The molecule has 1 rings (SSSR count). The van der Waals surface area contributed by atoms with Gasteiger partial charge in [-0.3, -0.25) is 0 Å². The van der Waals surface area contributed by atoms with Crippen molar-refractivity contribution in [1.82, 2.24) is 0 Å². The minimum Gasteiger partial charge on any atom is -0.123 e. The van der Waals surface area contributed by atoms with Gasteiger partial charge < -0.3 is 0 Å². The molecule has 0 aromatic rings. The Morgan fingerprint density at radius 1 is 1.27 bits per heavy atom. The smallest absolute Gasteiger partial charge is 0.0310 e. The lowest BCUT2D eigenvalue weighted by Gasteiger charge is -2.19. The van der Waals surface area contributed by atoms with Crippen molar-refractivity contribution in [2.24, 2.45) is 11.8 Å². The van der Waals surface area contributed by atoms with E-state index in [0.29, 0.717) is 5.38 Å². The van der Waals surface area contributed by atoms with Crippen LogP contribution in [0.1, 0.15) is 46.0 Å². The van der Waals surface area contributed by atoms with Gasteiger partial charge in [0.1, 0.15) is 0 Å². The first kappa shape index (κ1) is 9.38. The maximum atomic E-state index is 5.95. The van der Waals surface area contributed by atoms with Crippen molar-refractivity contribution in [1.29, 1.82) is 0 Å². The lowest BCUT2D eigenvalue weighted by atomic mass is 9.89. The summed E-state index contributed by atoms with van der Waals surface area (Å²) in [6.07, 6.45) is 7.00. The first-order valence-corrected chi connectivity index (χ1v) is 5.28. The van der Waals surface area contributed by atoms with Gasteiger partial charge in [-0.25, -0.2) is 0 Å². The van der Waals surface area contributed by atoms with Crippen LogP contribution in [0.15, 0.2) is 0 Å². The molecule has 1 fully saturated rings. The van der Waals surface area contributed by atoms with E-state index in [1.807, 2.05) is 0 Å². The van der Waals surface area contributed by atoms with E-state index < -0.39 is 0 Å². The van der Waals surface area contributed by atoms with E-state index in [1.165, 1.54) is 32.1 Å². The molecule has 1 heteroatoms. The molecule has 0 spiro atoms.